The quantitative estimate of drug-likeness (QED) is 0.859. The highest BCUT2D eigenvalue weighted by molar-refractivity contribution is 5.50. The summed E-state index contributed by atoms with van der Waals surface area (Å²) in [6.07, 6.45) is 1.83. The van der Waals surface area contributed by atoms with E-state index in [4.69, 9.17) is 5.11 Å². The number of aliphatic hydroxyl groups excluding tert-OH is 1. The van der Waals surface area contributed by atoms with E-state index in [9.17, 15) is 8.78 Å². The first-order chi connectivity index (χ1) is 8.01. The van der Waals surface area contributed by atoms with Gasteiger partial charge in [0.1, 0.15) is 17.3 Å². The summed E-state index contributed by atoms with van der Waals surface area (Å²) in [5.74, 6) is -1.25. The van der Waals surface area contributed by atoms with Crippen molar-refractivity contribution in [3.8, 4) is 0 Å². The minimum atomic E-state index is -0.625. The number of aliphatic hydroxyl groups is 1. The van der Waals surface area contributed by atoms with Crippen molar-refractivity contribution in [1.82, 2.24) is 0 Å². The normalized spacial score (nSPS) is 12.6. The second-order valence-electron chi connectivity index (χ2n) is 4.31. The van der Waals surface area contributed by atoms with Crippen molar-refractivity contribution in [2.45, 2.75) is 39.3 Å². The molecule has 0 spiro atoms. The molecule has 0 fully saturated rings. The number of hydrogen-bond donors (Lipinski definition) is 1. The predicted molar refractivity (Wildman–Crippen MR) is 65.1 cm³/mol. The summed E-state index contributed by atoms with van der Waals surface area (Å²) in [7, 11) is 1.68. The smallest absolute Gasteiger partial charge is 0.149 e. The summed E-state index contributed by atoms with van der Waals surface area (Å²) in [6, 6.07) is 2.42. The molecule has 0 aliphatic carbocycles. The van der Waals surface area contributed by atoms with Crippen LogP contribution in [0.1, 0.15) is 32.3 Å². The topological polar surface area (TPSA) is 23.5 Å². The van der Waals surface area contributed by atoms with Gasteiger partial charge in [-0.05, 0) is 31.0 Å². The van der Waals surface area contributed by atoms with Crippen LogP contribution in [-0.4, -0.2) is 18.2 Å². The molecule has 1 rings (SSSR count). The molecule has 17 heavy (non-hydrogen) atoms. The molecule has 0 aromatic heterocycles. The van der Waals surface area contributed by atoms with Gasteiger partial charge < -0.3 is 10.0 Å². The molecule has 0 aliphatic heterocycles. The number of benzene rings is 1. The maximum Gasteiger partial charge on any atom is 0.149 e. The number of rotatable bonds is 5. The van der Waals surface area contributed by atoms with Gasteiger partial charge in [0.05, 0.1) is 6.61 Å². The fourth-order valence-corrected chi connectivity index (χ4v) is 1.88. The van der Waals surface area contributed by atoms with Gasteiger partial charge >= 0.3 is 0 Å². The molecule has 96 valence electrons. The van der Waals surface area contributed by atoms with Crippen LogP contribution in [0.2, 0.25) is 0 Å². The Kier molecular flexibility index (Phi) is 4.87. The molecule has 1 unspecified atom stereocenters. The molecule has 1 aromatic carbocycles. The zero-order valence-electron chi connectivity index (χ0n) is 10.5. The average molecular weight is 243 g/mol. The zero-order chi connectivity index (χ0) is 13.0. The first kappa shape index (κ1) is 13.9. The standard InChI is InChI=1S/C13H19F2NO/c1-4-5-9(2)16(3)13-11(14)6-10(8-17)7-12(13)15/h6-7,9,17H,4-5,8H2,1-3H3. The van der Waals surface area contributed by atoms with Crippen molar-refractivity contribution in [1.29, 1.82) is 0 Å². The Morgan fingerprint density at radius 1 is 1.29 bits per heavy atom. The van der Waals surface area contributed by atoms with Gasteiger partial charge in [-0.1, -0.05) is 13.3 Å². The lowest BCUT2D eigenvalue weighted by molar-refractivity contribution is 0.280. The van der Waals surface area contributed by atoms with Crippen molar-refractivity contribution < 1.29 is 13.9 Å². The Morgan fingerprint density at radius 2 is 1.82 bits per heavy atom. The van der Waals surface area contributed by atoms with Crippen LogP contribution in [0.25, 0.3) is 0 Å². The first-order valence-electron chi connectivity index (χ1n) is 5.82. The van der Waals surface area contributed by atoms with Gasteiger partial charge in [0.25, 0.3) is 0 Å². The maximum atomic E-state index is 13.8. The molecule has 1 atom stereocenters. The summed E-state index contributed by atoms with van der Waals surface area (Å²) in [6.45, 7) is 3.61. The van der Waals surface area contributed by atoms with Crippen molar-refractivity contribution in [2.24, 2.45) is 0 Å². The highest BCUT2D eigenvalue weighted by Crippen LogP contribution is 2.26. The molecule has 0 saturated heterocycles. The minimum Gasteiger partial charge on any atom is -0.392 e. The van der Waals surface area contributed by atoms with E-state index in [2.05, 4.69) is 0 Å². The highest BCUT2D eigenvalue weighted by Gasteiger charge is 2.18. The van der Waals surface area contributed by atoms with Crippen LogP contribution in [-0.2, 0) is 6.61 Å². The van der Waals surface area contributed by atoms with E-state index in [1.165, 1.54) is 12.1 Å². The lowest BCUT2D eigenvalue weighted by Gasteiger charge is -2.27. The third-order valence-corrected chi connectivity index (χ3v) is 2.98. The molecular formula is C13H19F2NO. The fourth-order valence-electron chi connectivity index (χ4n) is 1.88. The Hall–Kier alpha value is -1.16. The van der Waals surface area contributed by atoms with Gasteiger partial charge in [0, 0.05) is 13.1 Å². The molecule has 0 amide bonds. The number of nitrogens with zero attached hydrogens (tertiary/aromatic N) is 1. The summed E-state index contributed by atoms with van der Waals surface area (Å²) in [4.78, 5) is 1.61. The van der Waals surface area contributed by atoms with E-state index in [-0.39, 0.29) is 23.9 Å². The van der Waals surface area contributed by atoms with Crippen molar-refractivity contribution in [3.63, 3.8) is 0 Å². The van der Waals surface area contributed by atoms with Gasteiger partial charge in [0.15, 0.2) is 0 Å². The third kappa shape index (κ3) is 3.16. The molecule has 0 bridgehead atoms. The summed E-state index contributed by atoms with van der Waals surface area (Å²) >= 11 is 0. The van der Waals surface area contributed by atoms with Gasteiger partial charge in [-0.25, -0.2) is 8.78 Å². The summed E-state index contributed by atoms with van der Waals surface area (Å²) < 4.78 is 27.5. The number of halogens is 2. The molecule has 1 aromatic rings. The first-order valence-corrected chi connectivity index (χ1v) is 5.82. The maximum absolute atomic E-state index is 13.8. The average Bonchev–Trinajstić information content (AvgIpc) is 2.28. The number of hydrogen-bond acceptors (Lipinski definition) is 2. The van der Waals surface area contributed by atoms with Crippen molar-refractivity contribution in [3.05, 3.63) is 29.3 Å². The molecule has 0 radical (unpaired) electrons. The van der Waals surface area contributed by atoms with Crippen LogP contribution in [0.4, 0.5) is 14.5 Å². The highest BCUT2D eigenvalue weighted by atomic mass is 19.1. The fraction of sp³-hybridized carbons (Fsp3) is 0.538. The van der Waals surface area contributed by atoms with Crippen LogP contribution >= 0.6 is 0 Å². The second-order valence-corrected chi connectivity index (χ2v) is 4.31. The van der Waals surface area contributed by atoms with E-state index in [0.29, 0.717) is 0 Å². The van der Waals surface area contributed by atoms with Gasteiger partial charge in [-0.2, -0.15) is 0 Å². The van der Waals surface area contributed by atoms with E-state index in [0.717, 1.165) is 12.8 Å². The van der Waals surface area contributed by atoms with Gasteiger partial charge in [-0.15, -0.1) is 0 Å². The van der Waals surface area contributed by atoms with Crippen molar-refractivity contribution in [2.75, 3.05) is 11.9 Å². The minimum absolute atomic E-state index is 0.0249. The summed E-state index contributed by atoms with van der Waals surface area (Å²) in [5.41, 5.74) is 0.225. The zero-order valence-corrected chi connectivity index (χ0v) is 10.5. The van der Waals surface area contributed by atoms with E-state index < -0.39 is 11.6 Å². The van der Waals surface area contributed by atoms with E-state index >= 15 is 0 Å². The Bertz CT molecular complexity index is 359. The Morgan fingerprint density at radius 3 is 2.24 bits per heavy atom. The lowest BCUT2D eigenvalue weighted by Crippen LogP contribution is -2.30. The second kappa shape index (κ2) is 5.96. The molecule has 0 heterocycles. The van der Waals surface area contributed by atoms with Crippen LogP contribution in [0, 0.1) is 11.6 Å². The van der Waals surface area contributed by atoms with Gasteiger partial charge in [0.2, 0.25) is 0 Å². The van der Waals surface area contributed by atoms with Crippen molar-refractivity contribution >= 4 is 5.69 Å². The largest absolute Gasteiger partial charge is 0.392 e. The van der Waals surface area contributed by atoms with Crippen LogP contribution < -0.4 is 4.90 Å². The molecule has 0 saturated carbocycles. The van der Waals surface area contributed by atoms with Crippen LogP contribution in [0.15, 0.2) is 12.1 Å². The lowest BCUT2D eigenvalue weighted by atomic mass is 10.1. The summed E-state index contributed by atoms with van der Waals surface area (Å²) in [5, 5.41) is 8.86. The van der Waals surface area contributed by atoms with Crippen LogP contribution in [0.5, 0.6) is 0 Å². The molecule has 0 aliphatic rings. The molecule has 1 N–H and O–H groups in total. The monoisotopic (exact) mass is 243 g/mol. The SMILES string of the molecule is CCCC(C)N(C)c1c(F)cc(CO)cc1F. The predicted octanol–water partition coefficient (Wildman–Crippen LogP) is 3.08. The van der Waals surface area contributed by atoms with E-state index in [1.807, 2.05) is 13.8 Å². The Labute approximate surface area is 101 Å². The molecule has 4 heteroatoms. The van der Waals surface area contributed by atoms with E-state index in [1.54, 1.807) is 11.9 Å². The molecular weight excluding hydrogens is 224 g/mol. The van der Waals surface area contributed by atoms with Gasteiger partial charge in [-0.3, -0.25) is 0 Å². The third-order valence-electron chi connectivity index (χ3n) is 2.98. The Balaban J connectivity index is 3.05. The van der Waals surface area contributed by atoms with Crippen LogP contribution in [0.3, 0.4) is 0 Å². The number of anilines is 1. The molecule has 2 nitrogen and oxygen atoms in total.